The predicted octanol–water partition coefficient (Wildman–Crippen LogP) is 0.840. The maximum absolute atomic E-state index is 12.4. The SMILES string of the molecule is O=C(CN1CCC(c2ccccc2)NC1=O)N1C[C@@H]2C(CO)[C@@H]2C1. The molecule has 24 heavy (non-hydrogen) atoms. The average Bonchev–Trinajstić information content (AvgIpc) is 3.08. The largest absolute Gasteiger partial charge is 0.396 e. The van der Waals surface area contributed by atoms with Crippen LogP contribution in [-0.2, 0) is 4.79 Å². The van der Waals surface area contributed by atoms with Crippen molar-refractivity contribution < 1.29 is 14.7 Å². The molecule has 128 valence electrons. The Morgan fingerprint density at radius 1 is 1.21 bits per heavy atom. The number of carbonyl (C=O) groups excluding carboxylic acids is 2. The number of nitrogens with one attached hydrogen (secondary N) is 1. The van der Waals surface area contributed by atoms with Gasteiger partial charge in [0.25, 0.3) is 0 Å². The fourth-order valence-electron chi connectivity index (χ4n) is 4.17. The lowest BCUT2D eigenvalue weighted by molar-refractivity contribution is -0.131. The molecular weight excluding hydrogens is 306 g/mol. The number of urea groups is 1. The first-order valence-electron chi connectivity index (χ1n) is 8.66. The van der Waals surface area contributed by atoms with E-state index >= 15 is 0 Å². The third-order valence-corrected chi connectivity index (χ3v) is 5.74. The molecule has 1 aliphatic carbocycles. The third kappa shape index (κ3) is 2.75. The van der Waals surface area contributed by atoms with E-state index in [0.29, 0.717) is 24.3 Å². The van der Waals surface area contributed by atoms with Crippen LogP contribution in [0.1, 0.15) is 18.0 Å². The van der Waals surface area contributed by atoms with Gasteiger partial charge in [-0.25, -0.2) is 4.79 Å². The van der Waals surface area contributed by atoms with Crippen LogP contribution >= 0.6 is 0 Å². The molecule has 2 N–H and O–H groups in total. The Labute approximate surface area is 141 Å². The van der Waals surface area contributed by atoms with Crippen LogP contribution in [0.25, 0.3) is 0 Å². The lowest BCUT2D eigenvalue weighted by atomic mass is 10.0. The molecule has 3 aliphatic rings. The summed E-state index contributed by atoms with van der Waals surface area (Å²) in [6.45, 7) is 2.44. The number of amides is 3. The number of piperidine rings is 1. The van der Waals surface area contributed by atoms with Crippen molar-refractivity contribution in [3.63, 3.8) is 0 Å². The Kier molecular flexibility index (Phi) is 3.92. The number of aliphatic hydroxyl groups excluding tert-OH is 1. The second kappa shape index (κ2) is 6.09. The van der Waals surface area contributed by atoms with Crippen LogP contribution in [-0.4, -0.2) is 59.6 Å². The van der Waals surface area contributed by atoms with Crippen molar-refractivity contribution in [1.29, 1.82) is 0 Å². The molecular formula is C18H23N3O3. The van der Waals surface area contributed by atoms with Gasteiger partial charge in [0.05, 0.1) is 6.04 Å². The van der Waals surface area contributed by atoms with Gasteiger partial charge in [0.1, 0.15) is 6.54 Å². The number of fused-ring (bicyclic) bond motifs is 1. The Hall–Kier alpha value is -2.08. The van der Waals surface area contributed by atoms with E-state index in [2.05, 4.69) is 5.32 Å². The molecule has 3 fully saturated rings. The third-order valence-electron chi connectivity index (χ3n) is 5.74. The second-order valence-corrected chi connectivity index (χ2v) is 7.10. The van der Waals surface area contributed by atoms with E-state index in [1.807, 2.05) is 35.2 Å². The van der Waals surface area contributed by atoms with Crippen LogP contribution in [0.3, 0.4) is 0 Å². The maximum atomic E-state index is 12.4. The first-order chi connectivity index (χ1) is 11.7. The summed E-state index contributed by atoms with van der Waals surface area (Å²) in [6.07, 6.45) is 0.806. The molecule has 2 heterocycles. The molecule has 0 bridgehead atoms. The molecule has 0 radical (unpaired) electrons. The van der Waals surface area contributed by atoms with Crippen molar-refractivity contribution in [1.82, 2.24) is 15.1 Å². The zero-order chi connectivity index (χ0) is 16.7. The summed E-state index contributed by atoms with van der Waals surface area (Å²) in [4.78, 5) is 28.2. The van der Waals surface area contributed by atoms with E-state index < -0.39 is 0 Å². The molecule has 0 spiro atoms. The van der Waals surface area contributed by atoms with Gasteiger partial charge < -0.3 is 20.2 Å². The average molecular weight is 329 g/mol. The number of benzene rings is 1. The smallest absolute Gasteiger partial charge is 0.318 e. The van der Waals surface area contributed by atoms with E-state index in [9.17, 15) is 14.7 Å². The molecule has 1 aromatic carbocycles. The fraction of sp³-hybridized carbons (Fsp3) is 0.556. The highest BCUT2D eigenvalue weighted by Gasteiger charge is 2.56. The zero-order valence-corrected chi connectivity index (χ0v) is 13.6. The highest BCUT2D eigenvalue weighted by atomic mass is 16.3. The summed E-state index contributed by atoms with van der Waals surface area (Å²) < 4.78 is 0. The van der Waals surface area contributed by atoms with Gasteiger partial charge in [-0.3, -0.25) is 4.79 Å². The Bertz CT molecular complexity index is 624. The van der Waals surface area contributed by atoms with Crippen molar-refractivity contribution >= 4 is 11.9 Å². The standard InChI is InChI=1S/C18H23N3O3/c22-11-15-13-8-21(9-14(13)15)17(23)10-20-7-6-16(19-18(20)24)12-4-2-1-3-5-12/h1-5,13-16,22H,6-11H2,(H,19,24)/t13-,14+,15?,16?. The number of rotatable bonds is 4. The first-order valence-corrected chi connectivity index (χ1v) is 8.66. The van der Waals surface area contributed by atoms with Crippen LogP contribution < -0.4 is 5.32 Å². The number of aliphatic hydroxyl groups is 1. The summed E-state index contributed by atoms with van der Waals surface area (Å²) in [7, 11) is 0. The summed E-state index contributed by atoms with van der Waals surface area (Å²) >= 11 is 0. The van der Waals surface area contributed by atoms with Crippen molar-refractivity contribution in [2.75, 3.05) is 32.8 Å². The summed E-state index contributed by atoms with van der Waals surface area (Å²) in [5, 5.41) is 12.2. The van der Waals surface area contributed by atoms with Gasteiger partial charge in [0.15, 0.2) is 0 Å². The molecule has 4 rings (SSSR count). The Morgan fingerprint density at radius 3 is 2.54 bits per heavy atom. The van der Waals surface area contributed by atoms with Crippen molar-refractivity contribution in [2.24, 2.45) is 17.8 Å². The number of hydrogen-bond donors (Lipinski definition) is 2. The van der Waals surface area contributed by atoms with Gasteiger partial charge >= 0.3 is 6.03 Å². The minimum absolute atomic E-state index is 0.0206. The van der Waals surface area contributed by atoms with Gasteiger partial charge in [-0.15, -0.1) is 0 Å². The van der Waals surface area contributed by atoms with Crippen LogP contribution in [0.5, 0.6) is 0 Å². The summed E-state index contributed by atoms with van der Waals surface area (Å²) in [5.74, 6) is 1.35. The molecule has 6 nitrogen and oxygen atoms in total. The quantitative estimate of drug-likeness (QED) is 0.860. The molecule has 4 atom stereocenters. The summed E-state index contributed by atoms with van der Waals surface area (Å²) in [5.41, 5.74) is 1.10. The van der Waals surface area contributed by atoms with Crippen molar-refractivity contribution in [2.45, 2.75) is 12.5 Å². The monoisotopic (exact) mass is 329 g/mol. The number of nitrogens with zero attached hydrogens (tertiary/aromatic N) is 2. The summed E-state index contributed by atoms with van der Waals surface area (Å²) in [6, 6.07) is 9.78. The maximum Gasteiger partial charge on any atom is 0.318 e. The number of hydrogen-bond acceptors (Lipinski definition) is 3. The van der Waals surface area contributed by atoms with Crippen molar-refractivity contribution in [3.05, 3.63) is 35.9 Å². The normalized spacial score (nSPS) is 31.6. The lowest BCUT2D eigenvalue weighted by Crippen LogP contribution is -2.51. The highest BCUT2D eigenvalue weighted by molar-refractivity contribution is 5.85. The first kappa shape index (κ1) is 15.4. The number of carbonyl (C=O) groups is 2. The molecule has 1 aromatic rings. The van der Waals surface area contributed by atoms with E-state index in [0.717, 1.165) is 25.1 Å². The van der Waals surface area contributed by atoms with Crippen LogP contribution in [0.15, 0.2) is 30.3 Å². The molecule has 2 aliphatic heterocycles. The lowest BCUT2D eigenvalue weighted by Gasteiger charge is -2.34. The van der Waals surface area contributed by atoms with E-state index in [4.69, 9.17) is 0 Å². The molecule has 1 saturated carbocycles. The number of likely N-dealkylation sites (tertiary alicyclic amines) is 1. The van der Waals surface area contributed by atoms with E-state index in [-0.39, 0.29) is 31.1 Å². The van der Waals surface area contributed by atoms with E-state index in [1.54, 1.807) is 4.90 Å². The van der Waals surface area contributed by atoms with Gasteiger partial charge in [0.2, 0.25) is 5.91 Å². The van der Waals surface area contributed by atoms with Gasteiger partial charge in [-0.1, -0.05) is 30.3 Å². The van der Waals surface area contributed by atoms with Gasteiger partial charge in [0, 0.05) is 26.2 Å². The minimum atomic E-state index is -0.166. The molecule has 3 amide bonds. The van der Waals surface area contributed by atoms with Gasteiger partial charge in [-0.2, -0.15) is 0 Å². The molecule has 6 heteroatoms. The Balaban J connectivity index is 1.29. The molecule has 0 aromatic heterocycles. The van der Waals surface area contributed by atoms with Crippen LogP contribution in [0, 0.1) is 17.8 Å². The van der Waals surface area contributed by atoms with Gasteiger partial charge in [-0.05, 0) is 29.7 Å². The zero-order valence-electron chi connectivity index (χ0n) is 13.6. The fourth-order valence-corrected chi connectivity index (χ4v) is 4.17. The van der Waals surface area contributed by atoms with Crippen molar-refractivity contribution in [3.8, 4) is 0 Å². The highest BCUT2D eigenvalue weighted by Crippen LogP contribution is 2.51. The second-order valence-electron chi connectivity index (χ2n) is 7.10. The van der Waals surface area contributed by atoms with Crippen LogP contribution in [0.2, 0.25) is 0 Å². The topological polar surface area (TPSA) is 72.9 Å². The molecule has 2 unspecified atom stereocenters. The Morgan fingerprint density at radius 2 is 1.92 bits per heavy atom. The minimum Gasteiger partial charge on any atom is -0.396 e. The molecule has 2 saturated heterocycles. The predicted molar refractivity (Wildman–Crippen MR) is 88.0 cm³/mol. The van der Waals surface area contributed by atoms with Crippen LogP contribution in [0.4, 0.5) is 4.79 Å². The van der Waals surface area contributed by atoms with E-state index in [1.165, 1.54) is 0 Å².